The summed E-state index contributed by atoms with van der Waals surface area (Å²) >= 11 is 0. The van der Waals surface area contributed by atoms with Crippen LogP contribution in [0, 0.1) is 0 Å². The SMILES string of the molecule is CC(CCO)Nc1cc(Nc2ccnc(-c3cn(COCC[Si](C)(C)C)n(C)c3=O)n2)ncc1C(=O)c1ccc(CN2CCN(C)CC2)n1C. The van der Waals surface area contributed by atoms with Gasteiger partial charge in [-0.3, -0.25) is 23.9 Å². The topological polar surface area (TPSA) is 148 Å². The Labute approximate surface area is 295 Å². The van der Waals surface area contributed by atoms with Gasteiger partial charge in [0.25, 0.3) is 5.56 Å². The Morgan fingerprint density at radius 3 is 2.54 bits per heavy atom. The minimum Gasteiger partial charge on any atom is -0.396 e. The molecule has 0 spiro atoms. The lowest BCUT2D eigenvalue weighted by Gasteiger charge is -2.32. The van der Waals surface area contributed by atoms with E-state index in [1.807, 2.05) is 30.7 Å². The number of aliphatic hydroxyl groups is 1. The summed E-state index contributed by atoms with van der Waals surface area (Å²) in [5, 5.41) is 16.2. The second kappa shape index (κ2) is 16.2. The molecular weight excluding hydrogens is 653 g/mol. The summed E-state index contributed by atoms with van der Waals surface area (Å²) in [6, 6.07) is 8.29. The first-order valence-corrected chi connectivity index (χ1v) is 21.0. The van der Waals surface area contributed by atoms with Gasteiger partial charge >= 0.3 is 0 Å². The Bertz CT molecular complexity index is 1820. The number of aromatic nitrogens is 6. The molecule has 4 aromatic rings. The predicted octanol–water partition coefficient (Wildman–Crippen LogP) is 3.59. The molecule has 1 saturated heterocycles. The van der Waals surface area contributed by atoms with E-state index in [0.29, 0.717) is 47.2 Å². The molecule has 3 N–H and O–H groups in total. The predicted molar refractivity (Wildman–Crippen MR) is 199 cm³/mol. The van der Waals surface area contributed by atoms with E-state index in [0.717, 1.165) is 44.5 Å². The molecule has 0 aliphatic carbocycles. The number of hydrogen-bond acceptors (Lipinski definition) is 11. The molecule has 5 heterocycles. The Morgan fingerprint density at radius 1 is 1.06 bits per heavy atom. The fraction of sp³-hybridized carbons (Fsp3) is 0.514. The summed E-state index contributed by atoms with van der Waals surface area (Å²) in [5.41, 5.74) is 2.79. The third-order valence-corrected chi connectivity index (χ3v) is 10.8. The van der Waals surface area contributed by atoms with Gasteiger partial charge in [0.1, 0.15) is 23.9 Å². The molecule has 0 saturated carbocycles. The number of likely N-dealkylation sites (N-methyl/N-ethyl adjacent to an activating group) is 1. The van der Waals surface area contributed by atoms with Crippen LogP contribution in [-0.4, -0.2) is 110 Å². The largest absolute Gasteiger partial charge is 0.396 e. The van der Waals surface area contributed by atoms with E-state index in [-0.39, 0.29) is 36.5 Å². The van der Waals surface area contributed by atoms with Gasteiger partial charge in [-0.2, -0.15) is 0 Å². The van der Waals surface area contributed by atoms with E-state index in [9.17, 15) is 14.7 Å². The molecule has 4 aromatic heterocycles. The van der Waals surface area contributed by atoms with Crippen LogP contribution >= 0.6 is 0 Å². The molecule has 5 rings (SSSR count). The van der Waals surface area contributed by atoms with Gasteiger partial charge in [0.2, 0.25) is 5.78 Å². The van der Waals surface area contributed by atoms with Gasteiger partial charge < -0.3 is 29.9 Å². The Balaban J connectivity index is 1.35. The molecular formula is C35H52N10O4Si. The number of piperazine rings is 1. The van der Waals surface area contributed by atoms with Gasteiger partial charge in [0, 0.05) is 104 Å². The fourth-order valence-electron chi connectivity index (χ4n) is 5.75. The molecule has 1 atom stereocenters. The zero-order valence-corrected chi connectivity index (χ0v) is 31.4. The van der Waals surface area contributed by atoms with Crippen molar-refractivity contribution >= 4 is 31.2 Å². The van der Waals surface area contributed by atoms with Gasteiger partial charge in [0.15, 0.2) is 5.82 Å². The van der Waals surface area contributed by atoms with Gasteiger partial charge in [0.05, 0.1) is 16.9 Å². The monoisotopic (exact) mass is 704 g/mol. The number of nitrogens with zero attached hydrogens (tertiary/aromatic N) is 8. The average molecular weight is 705 g/mol. The summed E-state index contributed by atoms with van der Waals surface area (Å²) in [7, 11) is 4.54. The highest BCUT2D eigenvalue weighted by Gasteiger charge is 2.22. The number of pyridine rings is 1. The number of ether oxygens (including phenoxy) is 1. The highest BCUT2D eigenvalue weighted by atomic mass is 28.3. The maximum absolute atomic E-state index is 14.0. The maximum Gasteiger partial charge on any atom is 0.277 e. The van der Waals surface area contributed by atoms with E-state index >= 15 is 0 Å². The molecule has 15 heteroatoms. The Hall–Kier alpha value is -4.15. The molecule has 0 bridgehead atoms. The number of ketones is 1. The van der Waals surface area contributed by atoms with E-state index in [2.05, 4.69) is 62.1 Å². The quantitative estimate of drug-likeness (QED) is 0.0893. The fourth-order valence-corrected chi connectivity index (χ4v) is 6.51. The van der Waals surface area contributed by atoms with Crippen molar-refractivity contribution in [3.8, 4) is 11.4 Å². The first-order valence-electron chi connectivity index (χ1n) is 17.2. The third-order valence-electron chi connectivity index (χ3n) is 9.11. The maximum atomic E-state index is 14.0. The molecule has 1 unspecified atom stereocenters. The number of rotatable bonds is 16. The number of anilines is 3. The van der Waals surface area contributed by atoms with E-state index in [4.69, 9.17) is 4.74 Å². The second-order valence-corrected chi connectivity index (χ2v) is 20.0. The minimum absolute atomic E-state index is 0.0105. The van der Waals surface area contributed by atoms with E-state index < -0.39 is 8.07 Å². The second-order valence-electron chi connectivity index (χ2n) is 14.4. The van der Waals surface area contributed by atoms with Crippen molar-refractivity contribution in [3.63, 3.8) is 0 Å². The molecule has 0 amide bonds. The van der Waals surface area contributed by atoms with Crippen LogP contribution in [0.2, 0.25) is 25.7 Å². The van der Waals surface area contributed by atoms with Gasteiger partial charge in [-0.15, -0.1) is 0 Å². The molecule has 270 valence electrons. The van der Waals surface area contributed by atoms with Crippen molar-refractivity contribution in [2.24, 2.45) is 14.1 Å². The zero-order valence-electron chi connectivity index (χ0n) is 30.4. The number of nitrogens with one attached hydrogen (secondary N) is 2. The van der Waals surface area contributed by atoms with Crippen molar-refractivity contribution < 1.29 is 14.6 Å². The van der Waals surface area contributed by atoms with Crippen molar-refractivity contribution in [3.05, 3.63) is 70.2 Å². The number of carbonyl (C=O) groups is 1. The van der Waals surface area contributed by atoms with Gasteiger partial charge in [-0.05, 0) is 44.6 Å². The van der Waals surface area contributed by atoms with Gasteiger partial charge in [-0.1, -0.05) is 19.6 Å². The molecule has 0 aromatic carbocycles. The highest BCUT2D eigenvalue weighted by molar-refractivity contribution is 6.76. The summed E-state index contributed by atoms with van der Waals surface area (Å²) in [5.74, 6) is 1.01. The van der Waals surface area contributed by atoms with Crippen molar-refractivity contribution in [1.29, 1.82) is 0 Å². The average Bonchev–Trinajstić information content (AvgIpc) is 3.57. The zero-order chi connectivity index (χ0) is 36.0. The molecule has 1 aliphatic heterocycles. The lowest BCUT2D eigenvalue weighted by molar-refractivity contribution is 0.0703. The summed E-state index contributed by atoms with van der Waals surface area (Å²) in [6.45, 7) is 14.6. The van der Waals surface area contributed by atoms with Gasteiger partial charge in [-0.25, -0.2) is 15.0 Å². The molecule has 14 nitrogen and oxygen atoms in total. The Kier molecular flexibility index (Phi) is 12.1. The van der Waals surface area contributed by atoms with Crippen LogP contribution in [0.15, 0.2) is 47.7 Å². The molecule has 50 heavy (non-hydrogen) atoms. The molecule has 0 radical (unpaired) electrons. The van der Waals surface area contributed by atoms with Crippen LogP contribution in [0.3, 0.4) is 0 Å². The van der Waals surface area contributed by atoms with Crippen LogP contribution in [-0.2, 0) is 32.1 Å². The standard InChI is InChI=1S/C35H52N10O4Si/c1-25(11-17-46)38-29-20-32(37-21-27(29)33(47)30-9-8-26(42(30)3)22-44-15-13-41(2)14-16-44)39-31-10-12-36-34(40-31)28-23-45(43(4)35(28)48)24-49-18-19-50(5,6)7/h8-10,12,20-21,23,25,46H,11,13-19,22,24H2,1-7H3,(H2,36,37,38,39,40). The van der Waals surface area contributed by atoms with E-state index in [1.54, 1.807) is 42.5 Å². The lowest BCUT2D eigenvalue weighted by atomic mass is 10.1. The van der Waals surface area contributed by atoms with Crippen molar-refractivity contribution in [2.45, 2.75) is 58.3 Å². The number of aliphatic hydroxyl groups excluding tert-OH is 1. The van der Waals surface area contributed by atoms with Crippen LogP contribution in [0.5, 0.6) is 0 Å². The Morgan fingerprint density at radius 2 is 1.82 bits per heavy atom. The lowest BCUT2D eigenvalue weighted by Crippen LogP contribution is -2.44. The first kappa shape index (κ1) is 37.1. The van der Waals surface area contributed by atoms with Crippen molar-refractivity contribution in [2.75, 3.05) is 57.1 Å². The number of carbonyl (C=O) groups excluding carboxylic acids is 1. The molecule has 1 aliphatic rings. The minimum atomic E-state index is -1.23. The smallest absolute Gasteiger partial charge is 0.277 e. The van der Waals surface area contributed by atoms with Crippen LogP contribution < -0.4 is 16.2 Å². The summed E-state index contributed by atoms with van der Waals surface area (Å²) < 4.78 is 11.0. The van der Waals surface area contributed by atoms with E-state index in [1.165, 1.54) is 4.68 Å². The van der Waals surface area contributed by atoms with Crippen LogP contribution in [0.4, 0.5) is 17.3 Å². The van der Waals surface area contributed by atoms with Crippen LogP contribution in [0.1, 0.15) is 35.1 Å². The van der Waals surface area contributed by atoms with Crippen LogP contribution in [0.25, 0.3) is 11.4 Å². The molecule has 1 fully saturated rings. The summed E-state index contributed by atoms with van der Waals surface area (Å²) in [4.78, 5) is 45.4. The highest BCUT2D eigenvalue weighted by Crippen LogP contribution is 2.26. The summed E-state index contributed by atoms with van der Waals surface area (Å²) in [6.07, 6.45) is 5.36. The normalized spacial score (nSPS) is 15.0. The van der Waals surface area contributed by atoms with Crippen molar-refractivity contribution in [1.82, 2.24) is 38.7 Å². The number of hydrogen-bond donors (Lipinski definition) is 3. The third kappa shape index (κ3) is 9.34. The first-order chi connectivity index (χ1) is 23.8.